The Labute approximate surface area is 106 Å². The molecule has 0 fully saturated rings. The quantitative estimate of drug-likeness (QED) is 0.721. The van der Waals surface area contributed by atoms with Crippen molar-refractivity contribution in [3.63, 3.8) is 0 Å². The summed E-state index contributed by atoms with van der Waals surface area (Å²) in [5, 5.41) is 8.06. The molecular formula is C11H16N2O4S. The molecular weight excluding hydrogens is 256 g/mol. The predicted octanol–water partition coefficient (Wildman–Crippen LogP) is 0.184. The van der Waals surface area contributed by atoms with Gasteiger partial charge in [-0.2, -0.15) is 0 Å². The van der Waals surface area contributed by atoms with Crippen LogP contribution in [0.5, 0.6) is 11.5 Å². The van der Waals surface area contributed by atoms with Gasteiger partial charge in [-0.3, -0.25) is 0 Å². The molecule has 0 atom stereocenters. The highest BCUT2D eigenvalue weighted by molar-refractivity contribution is 7.89. The van der Waals surface area contributed by atoms with E-state index in [0.717, 1.165) is 17.1 Å². The second-order valence-corrected chi connectivity index (χ2v) is 5.78. The lowest BCUT2D eigenvalue weighted by Gasteiger charge is -2.07. The van der Waals surface area contributed by atoms with Crippen molar-refractivity contribution in [1.82, 2.24) is 5.32 Å². The fourth-order valence-corrected chi connectivity index (χ4v) is 2.30. The van der Waals surface area contributed by atoms with Gasteiger partial charge in [0, 0.05) is 12.1 Å². The summed E-state index contributed by atoms with van der Waals surface area (Å²) >= 11 is 0. The highest BCUT2D eigenvalue weighted by atomic mass is 32.2. The lowest BCUT2D eigenvalue weighted by atomic mass is 10.2. The van der Waals surface area contributed by atoms with E-state index in [1.807, 2.05) is 18.2 Å². The lowest BCUT2D eigenvalue weighted by molar-refractivity contribution is 0.173. The highest BCUT2D eigenvalue weighted by Crippen LogP contribution is 2.35. The van der Waals surface area contributed by atoms with E-state index in [4.69, 9.17) is 14.6 Å². The van der Waals surface area contributed by atoms with Gasteiger partial charge in [0.05, 0.1) is 5.75 Å². The van der Waals surface area contributed by atoms with Gasteiger partial charge in [-0.1, -0.05) is 12.1 Å². The summed E-state index contributed by atoms with van der Waals surface area (Å²) in [7, 11) is -3.36. The molecule has 1 aromatic rings. The largest absolute Gasteiger partial charge is 0.454 e. The summed E-state index contributed by atoms with van der Waals surface area (Å²) in [4.78, 5) is 0. The van der Waals surface area contributed by atoms with Crippen LogP contribution in [0.25, 0.3) is 0 Å². The first kappa shape index (κ1) is 13.1. The predicted molar refractivity (Wildman–Crippen MR) is 66.9 cm³/mol. The van der Waals surface area contributed by atoms with E-state index in [1.54, 1.807) is 0 Å². The molecule has 1 heterocycles. The Morgan fingerprint density at radius 1 is 1.33 bits per heavy atom. The number of para-hydroxylation sites is 1. The number of hydrogen-bond acceptors (Lipinski definition) is 5. The zero-order valence-corrected chi connectivity index (χ0v) is 10.7. The minimum absolute atomic E-state index is 0.00743. The van der Waals surface area contributed by atoms with Gasteiger partial charge in [0.15, 0.2) is 11.5 Å². The van der Waals surface area contributed by atoms with Crippen molar-refractivity contribution in [1.29, 1.82) is 0 Å². The summed E-state index contributed by atoms with van der Waals surface area (Å²) < 4.78 is 32.1. The van der Waals surface area contributed by atoms with Crippen LogP contribution in [0.4, 0.5) is 0 Å². The van der Waals surface area contributed by atoms with Gasteiger partial charge in [-0.15, -0.1) is 0 Å². The van der Waals surface area contributed by atoms with Crippen LogP contribution in [0.2, 0.25) is 0 Å². The fraction of sp³-hybridized carbons (Fsp3) is 0.455. The summed E-state index contributed by atoms with van der Waals surface area (Å²) in [6, 6.07) is 5.70. The van der Waals surface area contributed by atoms with Crippen molar-refractivity contribution in [3.05, 3.63) is 23.8 Å². The van der Waals surface area contributed by atoms with E-state index in [9.17, 15) is 8.42 Å². The molecule has 0 radical (unpaired) electrons. The third-order valence-corrected chi connectivity index (χ3v) is 3.43. The maximum atomic E-state index is 10.7. The molecule has 0 bridgehead atoms. The van der Waals surface area contributed by atoms with Crippen LogP contribution in [-0.4, -0.2) is 27.5 Å². The van der Waals surface area contributed by atoms with Crippen molar-refractivity contribution in [2.24, 2.45) is 5.14 Å². The van der Waals surface area contributed by atoms with Crippen LogP contribution in [0.15, 0.2) is 18.2 Å². The highest BCUT2D eigenvalue weighted by Gasteiger charge is 2.16. The van der Waals surface area contributed by atoms with Crippen molar-refractivity contribution in [2.45, 2.75) is 13.0 Å². The van der Waals surface area contributed by atoms with Crippen LogP contribution < -0.4 is 19.9 Å². The Morgan fingerprint density at radius 3 is 2.94 bits per heavy atom. The third-order valence-electron chi connectivity index (χ3n) is 2.58. The summed E-state index contributed by atoms with van der Waals surface area (Å²) in [5.41, 5.74) is 1.00. The molecule has 1 aliphatic rings. The van der Waals surface area contributed by atoms with Gasteiger partial charge >= 0.3 is 0 Å². The van der Waals surface area contributed by atoms with E-state index < -0.39 is 10.0 Å². The number of fused-ring (bicyclic) bond motifs is 1. The standard InChI is InChI=1S/C11H16N2O4S/c12-18(14,15)6-2-5-13-7-9-3-1-4-10-11(9)17-8-16-10/h1,3-4,13H,2,5-8H2,(H2,12,14,15). The van der Waals surface area contributed by atoms with Gasteiger partial charge in [0.25, 0.3) is 0 Å². The number of hydrogen-bond donors (Lipinski definition) is 2. The summed E-state index contributed by atoms with van der Waals surface area (Å²) in [6.45, 7) is 1.44. The molecule has 2 rings (SSSR count). The van der Waals surface area contributed by atoms with Gasteiger partial charge in [0.2, 0.25) is 16.8 Å². The van der Waals surface area contributed by atoms with Crippen molar-refractivity contribution < 1.29 is 17.9 Å². The number of nitrogens with one attached hydrogen (secondary N) is 1. The number of benzene rings is 1. The Morgan fingerprint density at radius 2 is 2.17 bits per heavy atom. The molecule has 0 saturated carbocycles. The topological polar surface area (TPSA) is 90.7 Å². The second-order valence-electron chi connectivity index (χ2n) is 4.05. The zero-order chi connectivity index (χ0) is 13.0. The average Bonchev–Trinajstić information content (AvgIpc) is 2.75. The molecule has 0 unspecified atom stereocenters. The molecule has 0 amide bonds. The van der Waals surface area contributed by atoms with E-state index in [2.05, 4.69) is 5.32 Å². The van der Waals surface area contributed by atoms with Crippen LogP contribution in [0.3, 0.4) is 0 Å². The molecule has 0 aliphatic carbocycles. The van der Waals surface area contributed by atoms with E-state index in [0.29, 0.717) is 19.5 Å². The minimum atomic E-state index is -3.36. The first-order valence-corrected chi connectivity index (χ1v) is 7.36. The summed E-state index contributed by atoms with van der Waals surface area (Å²) in [6.07, 6.45) is 0.491. The maximum Gasteiger partial charge on any atom is 0.231 e. The molecule has 0 aromatic heterocycles. The number of nitrogens with two attached hydrogens (primary N) is 1. The minimum Gasteiger partial charge on any atom is -0.454 e. The number of primary sulfonamides is 1. The Hall–Kier alpha value is -1.31. The smallest absolute Gasteiger partial charge is 0.231 e. The first-order chi connectivity index (χ1) is 8.56. The number of sulfonamides is 1. The Balaban J connectivity index is 1.79. The zero-order valence-electron chi connectivity index (χ0n) is 9.89. The number of rotatable bonds is 6. The molecule has 0 spiro atoms. The van der Waals surface area contributed by atoms with Crippen LogP contribution in [0.1, 0.15) is 12.0 Å². The van der Waals surface area contributed by atoms with E-state index >= 15 is 0 Å². The molecule has 3 N–H and O–H groups in total. The molecule has 100 valence electrons. The van der Waals surface area contributed by atoms with Gasteiger partial charge in [-0.05, 0) is 19.0 Å². The van der Waals surface area contributed by atoms with Crippen LogP contribution in [0, 0.1) is 0 Å². The van der Waals surface area contributed by atoms with Crippen LogP contribution >= 0.6 is 0 Å². The Kier molecular flexibility index (Phi) is 4.05. The van der Waals surface area contributed by atoms with Crippen molar-refractivity contribution >= 4 is 10.0 Å². The van der Waals surface area contributed by atoms with Crippen molar-refractivity contribution in [2.75, 3.05) is 19.1 Å². The number of ether oxygens (including phenoxy) is 2. The first-order valence-electron chi connectivity index (χ1n) is 5.65. The average molecular weight is 272 g/mol. The van der Waals surface area contributed by atoms with Gasteiger partial charge < -0.3 is 14.8 Å². The van der Waals surface area contributed by atoms with Gasteiger partial charge in [0.1, 0.15) is 0 Å². The molecule has 7 heteroatoms. The van der Waals surface area contributed by atoms with E-state index in [-0.39, 0.29) is 12.5 Å². The third kappa shape index (κ3) is 3.59. The maximum absolute atomic E-state index is 10.7. The van der Waals surface area contributed by atoms with Gasteiger partial charge in [-0.25, -0.2) is 13.6 Å². The second kappa shape index (κ2) is 5.55. The summed E-state index contributed by atoms with van der Waals surface area (Å²) in [5.74, 6) is 1.50. The monoisotopic (exact) mass is 272 g/mol. The fourth-order valence-electron chi connectivity index (χ4n) is 1.75. The van der Waals surface area contributed by atoms with E-state index in [1.165, 1.54) is 0 Å². The van der Waals surface area contributed by atoms with Crippen molar-refractivity contribution in [3.8, 4) is 11.5 Å². The SMILES string of the molecule is NS(=O)(=O)CCCNCc1cccc2c1OCO2. The normalized spacial score (nSPS) is 13.8. The van der Waals surface area contributed by atoms with Crippen LogP contribution in [-0.2, 0) is 16.6 Å². The molecule has 0 saturated heterocycles. The molecule has 6 nitrogen and oxygen atoms in total. The molecule has 1 aliphatic heterocycles. The lowest BCUT2D eigenvalue weighted by Crippen LogP contribution is -2.22. The molecule has 1 aromatic carbocycles. The molecule has 18 heavy (non-hydrogen) atoms. The Bertz CT molecular complexity index is 516.